The van der Waals surface area contributed by atoms with Crippen LogP contribution in [0.4, 0.5) is 0 Å². The Hall–Kier alpha value is -3.87. The number of aromatic nitrogens is 1. The molecule has 0 unspecified atom stereocenters. The molecule has 1 fully saturated rings. The molecule has 0 aliphatic carbocycles. The predicted octanol–water partition coefficient (Wildman–Crippen LogP) is 2.06. The average Bonchev–Trinajstić information content (AvgIpc) is 3.40. The number of amides is 3. The molecule has 1 saturated heterocycles. The summed E-state index contributed by atoms with van der Waals surface area (Å²) in [5.41, 5.74) is 0.780. The number of nitrogens with zero attached hydrogens (tertiary/aromatic N) is 1. The highest BCUT2D eigenvalue weighted by atomic mass is 16.5. The number of fused-ring (bicyclic) bond motifs is 1. The number of nitrogens with one attached hydrogen (secondary N) is 4. The number of hydrogen-bond acceptors (Lipinski definition) is 6. The number of rotatable bonds is 10. The van der Waals surface area contributed by atoms with Crippen LogP contribution in [0.2, 0.25) is 0 Å². The van der Waals surface area contributed by atoms with Gasteiger partial charge in [-0.1, -0.05) is 19.9 Å². The molecule has 35 heavy (non-hydrogen) atoms. The molecule has 10 heteroatoms. The summed E-state index contributed by atoms with van der Waals surface area (Å²) >= 11 is 0. The normalized spacial score (nSPS) is 16.9. The molecule has 0 radical (unpaired) electrons. The number of nitriles is 1. The monoisotopic (exact) mass is 481 g/mol. The Kier molecular flexibility index (Phi) is 8.12. The summed E-state index contributed by atoms with van der Waals surface area (Å²) in [6, 6.07) is 5.40. The zero-order valence-electron chi connectivity index (χ0n) is 20.4. The van der Waals surface area contributed by atoms with E-state index in [9.17, 15) is 24.4 Å². The van der Waals surface area contributed by atoms with E-state index in [0.29, 0.717) is 36.0 Å². The van der Waals surface area contributed by atoms with Gasteiger partial charge in [-0.2, -0.15) is 5.26 Å². The molecule has 4 N–H and O–H groups in total. The van der Waals surface area contributed by atoms with E-state index in [4.69, 9.17) is 4.74 Å². The lowest BCUT2D eigenvalue weighted by Gasteiger charge is -2.22. The first-order valence-corrected chi connectivity index (χ1v) is 11.6. The van der Waals surface area contributed by atoms with Crippen molar-refractivity contribution in [1.82, 2.24) is 20.9 Å². The largest absolute Gasteiger partial charge is 0.496 e. The smallest absolute Gasteiger partial charge is 0.269 e. The Morgan fingerprint density at radius 1 is 1.26 bits per heavy atom. The second-order valence-electron chi connectivity index (χ2n) is 9.17. The number of ketones is 1. The zero-order chi connectivity index (χ0) is 25.7. The highest BCUT2D eigenvalue weighted by Crippen LogP contribution is 2.31. The highest BCUT2D eigenvalue weighted by Gasteiger charge is 2.31. The lowest BCUT2D eigenvalue weighted by molar-refractivity contribution is -0.125. The maximum absolute atomic E-state index is 13.3. The number of aromatic amines is 1. The molecular formula is C25H31N5O5. The van der Waals surface area contributed by atoms with Gasteiger partial charge in [0, 0.05) is 12.5 Å². The Bertz CT molecular complexity index is 1180. The van der Waals surface area contributed by atoms with E-state index in [1.165, 1.54) is 14.0 Å². The van der Waals surface area contributed by atoms with Crippen molar-refractivity contribution in [1.29, 1.82) is 5.26 Å². The standard InChI is InChI=1S/C25H31N5O5/c1-13(2)10-18(24(33)28-16(12-26)11-15-8-9-27-23(15)32)30-25(34)22-20(14(3)31)21-17(29-22)6-5-7-19(21)35-4/h5-7,13,15-16,18,29H,8-11H2,1-4H3,(H,27,32)(H,28,33)(H,30,34)/t15-,16-,18-/m0/s1. The summed E-state index contributed by atoms with van der Waals surface area (Å²) in [6.07, 6.45) is 1.13. The molecule has 0 spiro atoms. The van der Waals surface area contributed by atoms with Gasteiger partial charge < -0.3 is 25.7 Å². The summed E-state index contributed by atoms with van der Waals surface area (Å²) in [5, 5.41) is 18.1. The van der Waals surface area contributed by atoms with Crippen LogP contribution in [0.3, 0.4) is 0 Å². The molecule has 186 valence electrons. The van der Waals surface area contributed by atoms with Crippen molar-refractivity contribution >= 4 is 34.4 Å². The van der Waals surface area contributed by atoms with Crippen molar-refractivity contribution in [2.24, 2.45) is 11.8 Å². The molecule has 3 amide bonds. The third-order valence-electron chi connectivity index (χ3n) is 6.07. The summed E-state index contributed by atoms with van der Waals surface area (Å²) < 4.78 is 5.37. The maximum Gasteiger partial charge on any atom is 0.269 e. The van der Waals surface area contributed by atoms with E-state index in [-0.39, 0.29) is 41.2 Å². The second-order valence-corrected chi connectivity index (χ2v) is 9.17. The van der Waals surface area contributed by atoms with E-state index in [2.05, 4.69) is 20.9 Å². The number of H-pyrrole nitrogens is 1. The van der Waals surface area contributed by atoms with E-state index < -0.39 is 23.9 Å². The number of carbonyl (C=O) groups excluding carboxylic acids is 4. The van der Waals surface area contributed by atoms with Crippen molar-refractivity contribution in [2.75, 3.05) is 13.7 Å². The van der Waals surface area contributed by atoms with Crippen molar-refractivity contribution in [3.63, 3.8) is 0 Å². The number of hydrogen-bond donors (Lipinski definition) is 4. The minimum atomic E-state index is -0.941. The van der Waals surface area contributed by atoms with E-state index in [1.54, 1.807) is 18.2 Å². The first-order valence-electron chi connectivity index (χ1n) is 11.6. The molecule has 1 aliphatic heterocycles. The van der Waals surface area contributed by atoms with Crippen LogP contribution in [0, 0.1) is 23.2 Å². The lowest BCUT2D eigenvalue weighted by atomic mass is 9.98. The molecule has 2 heterocycles. The van der Waals surface area contributed by atoms with Gasteiger partial charge in [-0.25, -0.2) is 0 Å². The Labute approximate surface area is 203 Å². The van der Waals surface area contributed by atoms with Gasteiger partial charge in [-0.3, -0.25) is 19.2 Å². The van der Waals surface area contributed by atoms with Gasteiger partial charge in [0.2, 0.25) is 11.8 Å². The molecule has 0 saturated carbocycles. The molecule has 3 rings (SSSR count). The van der Waals surface area contributed by atoms with Gasteiger partial charge in [0.15, 0.2) is 5.78 Å². The predicted molar refractivity (Wildman–Crippen MR) is 129 cm³/mol. The van der Waals surface area contributed by atoms with Crippen LogP contribution in [0.15, 0.2) is 18.2 Å². The third kappa shape index (κ3) is 5.80. The summed E-state index contributed by atoms with van der Waals surface area (Å²) in [4.78, 5) is 53.7. The van der Waals surface area contributed by atoms with Gasteiger partial charge in [-0.15, -0.1) is 0 Å². The zero-order valence-corrected chi connectivity index (χ0v) is 20.4. The lowest BCUT2D eigenvalue weighted by Crippen LogP contribution is -2.50. The molecule has 1 aromatic heterocycles. The van der Waals surface area contributed by atoms with Gasteiger partial charge >= 0.3 is 0 Å². The molecular weight excluding hydrogens is 450 g/mol. The molecule has 1 aromatic carbocycles. The van der Waals surface area contributed by atoms with Gasteiger partial charge in [0.1, 0.15) is 23.5 Å². The molecule has 10 nitrogen and oxygen atoms in total. The van der Waals surface area contributed by atoms with E-state index >= 15 is 0 Å². The second kappa shape index (κ2) is 11.0. The quantitative estimate of drug-likeness (QED) is 0.381. The van der Waals surface area contributed by atoms with Crippen LogP contribution >= 0.6 is 0 Å². The fourth-order valence-corrected chi connectivity index (χ4v) is 4.41. The van der Waals surface area contributed by atoms with Crippen LogP contribution in [0.25, 0.3) is 10.9 Å². The van der Waals surface area contributed by atoms with Crippen LogP contribution < -0.4 is 20.7 Å². The molecule has 2 aromatic rings. The SMILES string of the molecule is COc1cccc2[nH]c(C(=O)N[C@@H](CC(C)C)C(=O)N[C@H](C#N)C[C@@H]3CCNC3=O)c(C(C)=O)c12. The average molecular weight is 482 g/mol. The van der Waals surface area contributed by atoms with Crippen molar-refractivity contribution in [3.05, 3.63) is 29.5 Å². The van der Waals surface area contributed by atoms with Crippen LogP contribution in [-0.4, -0.2) is 54.2 Å². The van der Waals surface area contributed by atoms with Crippen LogP contribution in [0.1, 0.15) is 60.9 Å². The van der Waals surface area contributed by atoms with Gasteiger partial charge in [0.25, 0.3) is 5.91 Å². The highest BCUT2D eigenvalue weighted by molar-refractivity contribution is 6.17. The molecule has 3 atom stereocenters. The summed E-state index contributed by atoms with van der Waals surface area (Å²) in [5.74, 6) is -1.41. The van der Waals surface area contributed by atoms with Crippen LogP contribution in [-0.2, 0) is 9.59 Å². The van der Waals surface area contributed by atoms with Gasteiger partial charge in [0.05, 0.1) is 29.6 Å². The number of Topliss-reactive ketones (excluding diaryl/α,β-unsaturated/α-hetero) is 1. The Balaban J connectivity index is 1.83. The third-order valence-corrected chi connectivity index (χ3v) is 6.07. The first kappa shape index (κ1) is 25.7. The summed E-state index contributed by atoms with van der Waals surface area (Å²) in [6.45, 7) is 5.73. The topological polar surface area (TPSA) is 153 Å². The number of ether oxygens (including phenoxy) is 1. The minimum absolute atomic E-state index is 0.0398. The Morgan fingerprint density at radius 3 is 2.57 bits per heavy atom. The van der Waals surface area contributed by atoms with Gasteiger partial charge in [-0.05, 0) is 44.2 Å². The number of carbonyl (C=O) groups is 4. The van der Waals surface area contributed by atoms with E-state index in [1.807, 2.05) is 19.9 Å². The first-order chi connectivity index (χ1) is 16.7. The molecule has 0 bridgehead atoms. The van der Waals surface area contributed by atoms with Crippen molar-refractivity contribution < 1.29 is 23.9 Å². The minimum Gasteiger partial charge on any atom is -0.496 e. The van der Waals surface area contributed by atoms with Crippen LogP contribution in [0.5, 0.6) is 5.75 Å². The fraction of sp³-hybridized carbons (Fsp3) is 0.480. The van der Waals surface area contributed by atoms with E-state index in [0.717, 1.165) is 0 Å². The van der Waals surface area contributed by atoms with Crippen molar-refractivity contribution in [3.8, 4) is 11.8 Å². The number of benzene rings is 1. The number of methoxy groups -OCH3 is 1. The maximum atomic E-state index is 13.3. The Morgan fingerprint density at radius 2 is 2.00 bits per heavy atom. The molecule has 1 aliphatic rings. The van der Waals surface area contributed by atoms with Crippen molar-refractivity contribution in [2.45, 2.75) is 52.1 Å². The summed E-state index contributed by atoms with van der Waals surface area (Å²) in [7, 11) is 1.48. The fourth-order valence-electron chi connectivity index (χ4n) is 4.41.